The monoisotopic (exact) mass is 444 g/mol. The molecular formula is C28H48N2S. The van der Waals surface area contributed by atoms with Crippen LogP contribution in [-0.4, -0.2) is 24.1 Å². The summed E-state index contributed by atoms with van der Waals surface area (Å²) in [5.74, 6) is 2.07. The van der Waals surface area contributed by atoms with Crippen molar-refractivity contribution in [3.05, 3.63) is 71.7 Å². The van der Waals surface area contributed by atoms with E-state index in [1.807, 2.05) is 18.7 Å². The van der Waals surface area contributed by atoms with Gasteiger partial charge in [-0.15, -0.1) is 0 Å². The van der Waals surface area contributed by atoms with E-state index in [2.05, 4.69) is 83.2 Å². The quantitative estimate of drug-likeness (QED) is 0.165. The van der Waals surface area contributed by atoms with Crippen molar-refractivity contribution in [3.8, 4) is 0 Å². The highest BCUT2D eigenvalue weighted by Crippen LogP contribution is 2.15. The van der Waals surface area contributed by atoms with Gasteiger partial charge in [0.1, 0.15) is 0 Å². The number of hydrogen-bond acceptors (Lipinski definition) is 3. The number of rotatable bonds is 18. The molecule has 0 spiro atoms. The van der Waals surface area contributed by atoms with Gasteiger partial charge in [-0.1, -0.05) is 60.3 Å². The van der Waals surface area contributed by atoms with E-state index < -0.39 is 0 Å². The van der Waals surface area contributed by atoms with Crippen LogP contribution in [0, 0.1) is 0 Å². The first-order valence-electron chi connectivity index (χ1n) is 11.6. The average molecular weight is 445 g/mol. The molecule has 2 N–H and O–H groups in total. The lowest BCUT2D eigenvalue weighted by Crippen LogP contribution is -2.31. The van der Waals surface area contributed by atoms with Crippen LogP contribution in [0.4, 0.5) is 0 Å². The predicted molar refractivity (Wildman–Crippen MR) is 146 cm³/mol. The summed E-state index contributed by atoms with van der Waals surface area (Å²) in [5, 5.41) is 6.83. The van der Waals surface area contributed by atoms with Crippen molar-refractivity contribution in [2.75, 3.05) is 18.1 Å². The zero-order valence-electron chi connectivity index (χ0n) is 21.2. The Bertz CT molecular complexity index is 648. The normalized spacial score (nSPS) is 12.8. The maximum atomic E-state index is 4.19. The van der Waals surface area contributed by atoms with E-state index in [0.29, 0.717) is 0 Å². The molecule has 0 saturated carbocycles. The smallest absolute Gasteiger partial charge is 0.0555 e. The first kappa shape index (κ1) is 29.4. The molecule has 0 rings (SSSR count). The lowest BCUT2D eigenvalue weighted by atomic mass is 10.1. The van der Waals surface area contributed by atoms with Gasteiger partial charge in [-0.2, -0.15) is 11.8 Å². The van der Waals surface area contributed by atoms with Gasteiger partial charge in [-0.25, -0.2) is 0 Å². The zero-order chi connectivity index (χ0) is 23.6. The molecule has 0 aromatic heterocycles. The highest BCUT2D eigenvalue weighted by atomic mass is 32.2. The summed E-state index contributed by atoms with van der Waals surface area (Å²) in [4.78, 5) is 0. The maximum absolute atomic E-state index is 4.19. The average Bonchev–Trinajstić information content (AvgIpc) is 2.67. The molecule has 0 radical (unpaired) electrons. The minimum atomic E-state index is 0.284. The fourth-order valence-electron chi connectivity index (χ4n) is 2.96. The molecule has 0 aliphatic heterocycles. The molecule has 0 aromatic rings. The van der Waals surface area contributed by atoms with Crippen molar-refractivity contribution < 1.29 is 0 Å². The molecule has 0 heterocycles. The van der Waals surface area contributed by atoms with Gasteiger partial charge in [0, 0.05) is 29.4 Å². The Kier molecular flexibility index (Phi) is 17.1. The summed E-state index contributed by atoms with van der Waals surface area (Å²) in [7, 11) is 0. The van der Waals surface area contributed by atoms with Crippen LogP contribution in [0.15, 0.2) is 71.7 Å². The van der Waals surface area contributed by atoms with E-state index in [0.717, 1.165) is 61.5 Å². The second-order valence-electron chi connectivity index (χ2n) is 8.95. The van der Waals surface area contributed by atoms with Gasteiger partial charge >= 0.3 is 0 Å². The molecule has 1 unspecified atom stereocenters. The molecule has 3 heteroatoms. The van der Waals surface area contributed by atoms with Crippen LogP contribution < -0.4 is 10.6 Å². The largest absolute Gasteiger partial charge is 0.389 e. The van der Waals surface area contributed by atoms with Gasteiger partial charge in [-0.05, 0) is 80.1 Å². The van der Waals surface area contributed by atoms with E-state index in [-0.39, 0.29) is 6.04 Å². The maximum Gasteiger partial charge on any atom is 0.0555 e. The molecular weight excluding hydrogens is 396 g/mol. The van der Waals surface area contributed by atoms with E-state index in [1.165, 1.54) is 28.7 Å². The molecule has 0 saturated heterocycles. The van der Waals surface area contributed by atoms with Gasteiger partial charge in [0.05, 0.1) is 6.04 Å². The fourth-order valence-corrected chi connectivity index (χ4v) is 4.10. The standard InChI is InChI=1S/C28H48N2S/c1-22(2)13-10-14-25(7)15-11-16-26(8)18-20-31-21-28(23(3)4)30-27(9)17-12-19-29-24(5)6/h13,15,18,28-30H,3,5,9-12,14,16-17,19-21H2,1-2,4,6-8H3/b25-15+,26-18+. The van der Waals surface area contributed by atoms with Gasteiger partial charge in [-0.3, -0.25) is 0 Å². The zero-order valence-corrected chi connectivity index (χ0v) is 22.0. The van der Waals surface area contributed by atoms with Gasteiger partial charge < -0.3 is 10.6 Å². The molecule has 0 aliphatic carbocycles. The van der Waals surface area contributed by atoms with E-state index in [4.69, 9.17) is 0 Å². The fraction of sp³-hybridized carbons (Fsp3) is 0.571. The lowest BCUT2D eigenvalue weighted by Gasteiger charge is -2.21. The highest BCUT2D eigenvalue weighted by molar-refractivity contribution is 7.99. The Morgan fingerprint density at radius 3 is 2.03 bits per heavy atom. The molecule has 0 fully saturated rings. The van der Waals surface area contributed by atoms with Gasteiger partial charge in [0.25, 0.3) is 0 Å². The van der Waals surface area contributed by atoms with Crippen molar-refractivity contribution in [3.63, 3.8) is 0 Å². The highest BCUT2D eigenvalue weighted by Gasteiger charge is 2.09. The van der Waals surface area contributed by atoms with Crippen LogP contribution in [0.5, 0.6) is 0 Å². The SMILES string of the molecule is C=C(C)NCCCC(=C)NC(CSC/C=C(\C)CC/C=C(\C)CCC=C(C)C)C(=C)C. The Hall–Kier alpha value is -1.61. The first-order valence-corrected chi connectivity index (χ1v) is 12.8. The van der Waals surface area contributed by atoms with Crippen LogP contribution >= 0.6 is 11.8 Å². The molecule has 0 aliphatic rings. The van der Waals surface area contributed by atoms with Gasteiger partial charge in [0.15, 0.2) is 0 Å². The number of hydrogen-bond donors (Lipinski definition) is 2. The van der Waals surface area contributed by atoms with E-state index in [1.54, 1.807) is 0 Å². The van der Waals surface area contributed by atoms with Crippen LogP contribution in [0.3, 0.4) is 0 Å². The predicted octanol–water partition coefficient (Wildman–Crippen LogP) is 8.09. The van der Waals surface area contributed by atoms with E-state index in [9.17, 15) is 0 Å². The Balaban J connectivity index is 4.17. The van der Waals surface area contributed by atoms with Crippen LogP contribution in [-0.2, 0) is 0 Å². The molecule has 0 amide bonds. The summed E-state index contributed by atoms with van der Waals surface area (Å²) in [5.41, 5.74) is 7.68. The van der Waals surface area contributed by atoms with Crippen molar-refractivity contribution in [1.82, 2.24) is 10.6 Å². The topological polar surface area (TPSA) is 24.1 Å². The summed E-state index contributed by atoms with van der Waals surface area (Å²) in [6, 6.07) is 0.284. The first-order chi connectivity index (χ1) is 14.6. The minimum Gasteiger partial charge on any atom is -0.389 e. The van der Waals surface area contributed by atoms with Crippen molar-refractivity contribution in [2.24, 2.45) is 0 Å². The third-order valence-electron chi connectivity index (χ3n) is 5.01. The number of allylic oxidation sites excluding steroid dienone is 7. The third kappa shape index (κ3) is 18.8. The Labute approximate surface area is 198 Å². The Morgan fingerprint density at radius 1 is 0.839 bits per heavy atom. The molecule has 176 valence electrons. The van der Waals surface area contributed by atoms with Gasteiger partial charge in [0.2, 0.25) is 0 Å². The summed E-state index contributed by atoms with van der Waals surface area (Å²) in [6.45, 7) is 26.1. The van der Waals surface area contributed by atoms with Crippen LogP contribution in [0.2, 0.25) is 0 Å². The Morgan fingerprint density at radius 2 is 1.45 bits per heavy atom. The summed E-state index contributed by atoms with van der Waals surface area (Å²) < 4.78 is 0. The number of nitrogens with one attached hydrogen (secondary N) is 2. The summed E-state index contributed by atoms with van der Waals surface area (Å²) in [6.07, 6.45) is 13.8. The van der Waals surface area contributed by atoms with E-state index >= 15 is 0 Å². The minimum absolute atomic E-state index is 0.284. The molecule has 1 atom stereocenters. The summed E-state index contributed by atoms with van der Waals surface area (Å²) >= 11 is 1.96. The lowest BCUT2D eigenvalue weighted by molar-refractivity contribution is 0.640. The van der Waals surface area contributed by atoms with Crippen LogP contribution in [0.25, 0.3) is 0 Å². The second-order valence-corrected chi connectivity index (χ2v) is 10.0. The number of thioether (sulfide) groups is 1. The second kappa shape index (κ2) is 18.0. The molecule has 2 nitrogen and oxygen atoms in total. The molecule has 31 heavy (non-hydrogen) atoms. The molecule has 0 bridgehead atoms. The van der Waals surface area contributed by atoms with Crippen LogP contribution in [0.1, 0.15) is 80.1 Å². The third-order valence-corrected chi connectivity index (χ3v) is 5.98. The molecule has 0 aromatic carbocycles. The van der Waals surface area contributed by atoms with Crippen molar-refractivity contribution in [2.45, 2.75) is 86.1 Å². The van der Waals surface area contributed by atoms with Crippen molar-refractivity contribution >= 4 is 11.8 Å². The van der Waals surface area contributed by atoms with Crippen molar-refractivity contribution in [1.29, 1.82) is 0 Å².